The van der Waals surface area contributed by atoms with Crippen LogP contribution in [0.1, 0.15) is 35.3 Å². The third-order valence-electron chi connectivity index (χ3n) is 4.31. The van der Waals surface area contributed by atoms with Gasteiger partial charge in [-0.05, 0) is 23.8 Å². The molecule has 0 heterocycles. The van der Waals surface area contributed by atoms with Crippen LogP contribution >= 0.6 is 0 Å². The van der Waals surface area contributed by atoms with Crippen molar-refractivity contribution in [3.63, 3.8) is 0 Å². The van der Waals surface area contributed by atoms with Crippen molar-refractivity contribution in [2.75, 3.05) is 20.8 Å². The molecule has 0 unspecified atom stereocenters. The zero-order valence-corrected chi connectivity index (χ0v) is 15.6. The maximum atomic E-state index is 13.0. The van der Waals surface area contributed by atoms with E-state index in [0.717, 1.165) is 12.1 Å². The summed E-state index contributed by atoms with van der Waals surface area (Å²) in [5.41, 5.74) is -0.649. The molecule has 2 aromatic carbocycles. The van der Waals surface area contributed by atoms with Crippen LogP contribution in [0.5, 0.6) is 11.5 Å². The van der Waals surface area contributed by atoms with Crippen molar-refractivity contribution in [2.24, 2.45) is 0 Å². The molecule has 27 heavy (non-hydrogen) atoms. The number of nitrogens with one attached hydrogen (secondary N) is 1. The highest BCUT2D eigenvalue weighted by Crippen LogP contribution is 2.33. The molecule has 2 rings (SSSR count). The smallest absolute Gasteiger partial charge is 0.416 e. The minimum Gasteiger partial charge on any atom is -0.493 e. The zero-order valence-electron chi connectivity index (χ0n) is 15.6. The topological polar surface area (TPSA) is 47.6 Å². The van der Waals surface area contributed by atoms with Gasteiger partial charge in [0.15, 0.2) is 11.5 Å². The van der Waals surface area contributed by atoms with Gasteiger partial charge in [-0.3, -0.25) is 4.79 Å². The van der Waals surface area contributed by atoms with Gasteiger partial charge in [0.1, 0.15) is 0 Å². The molecule has 4 nitrogen and oxygen atoms in total. The van der Waals surface area contributed by atoms with Crippen LogP contribution in [0, 0.1) is 0 Å². The average Bonchev–Trinajstić information content (AvgIpc) is 2.64. The molecular weight excluding hydrogens is 359 g/mol. The second-order valence-corrected chi connectivity index (χ2v) is 6.69. The van der Waals surface area contributed by atoms with E-state index in [-0.39, 0.29) is 12.1 Å². The molecule has 0 aliphatic rings. The fourth-order valence-electron chi connectivity index (χ4n) is 2.68. The molecular formula is C20H22F3NO3. The van der Waals surface area contributed by atoms with Crippen molar-refractivity contribution in [1.82, 2.24) is 5.32 Å². The van der Waals surface area contributed by atoms with E-state index >= 15 is 0 Å². The Balaban J connectivity index is 2.19. The van der Waals surface area contributed by atoms with Crippen molar-refractivity contribution >= 4 is 5.91 Å². The summed E-state index contributed by atoms with van der Waals surface area (Å²) < 4.78 is 49.3. The molecule has 2 aromatic rings. The van der Waals surface area contributed by atoms with Gasteiger partial charge in [-0.25, -0.2) is 0 Å². The number of methoxy groups -OCH3 is 2. The van der Waals surface area contributed by atoms with Gasteiger partial charge in [0.05, 0.1) is 25.3 Å². The summed E-state index contributed by atoms with van der Waals surface area (Å²) in [7, 11) is 2.90. The molecule has 0 bridgehead atoms. The summed E-state index contributed by atoms with van der Waals surface area (Å²) >= 11 is 0. The van der Waals surface area contributed by atoms with Crippen molar-refractivity contribution in [3.05, 3.63) is 59.2 Å². The number of halogens is 3. The van der Waals surface area contributed by atoms with Crippen molar-refractivity contribution < 1.29 is 27.4 Å². The summed E-state index contributed by atoms with van der Waals surface area (Å²) in [4.78, 5) is 12.6. The first-order chi connectivity index (χ1) is 12.6. The number of rotatable bonds is 6. The van der Waals surface area contributed by atoms with Crippen LogP contribution in [0.25, 0.3) is 0 Å². The molecule has 7 heteroatoms. The van der Waals surface area contributed by atoms with Gasteiger partial charge in [0, 0.05) is 12.0 Å². The molecule has 0 atom stereocenters. The molecule has 0 spiro atoms. The molecule has 0 aromatic heterocycles. The van der Waals surface area contributed by atoms with Crippen molar-refractivity contribution in [3.8, 4) is 11.5 Å². The maximum Gasteiger partial charge on any atom is 0.416 e. The predicted molar refractivity (Wildman–Crippen MR) is 96.3 cm³/mol. The monoisotopic (exact) mass is 381 g/mol. The summed E-state index contributed by atoms with van der Waals surface area (Å²) in [6.45, 7) is 3.69. The summed E-state index contributed by atoms with van der Waals surface area (Å²) in [6, 6.07) is 10.0. The van der Waals surface area contributed by atoms with E-state index in [1.54, 1.807) is 38.1 Å². The van der Waals surface area contributed by atoms with Gasteiger partial charge in [0.2, 0.25) is 0 Å². The number of para-hydroxylation sites is 1. The first kappa shape index (κ1) is 20.6. The zero-order chi connectivity index (χ0) is 20.2. The van der Waals surface area contributed by atoms with Crippen LogP contribution in [0.15, 0.2) is 42.5 Å². The Bertz CT molecular complexity index is 816. The predicted octanol–water partition coefficient (Wildman–Crippen LogP) is 4.43. The number of amides is 1. The second kappa shape index (κ2) is 7.90. The SMILES string of the molecule is COc1cccc(C(=O)NCC(C)(C)c2cccc(C(F)(F)F)c2)c1OC. The maximum absolute atomic E-state index is 13.0. The number of hydrogen-bond acceptors (Lipinski definition) is 3. The molecule has 1 N–H and O–H groups in total. The molecule has 0 fully saturated rings. The summed E-state index contributed by atoms with van der Waals surface area (Å²) in [5, 5.41) is 2.77. The Morgan fingerprint density at radius 2 is 1.63 bits per heavy atom. The van der Waals surface area contributed by atoms with Crippen LogP contribution in [0.3, 0.4) is 0 Å². The highest BCUT2D eigenvalue weighted by Gasteiger charge is 2.32. The van der Waals surface area contributed by atoms with Gasteiger partial charge in [-0.15, -0.1) is 0 Å². The van der Waals surface area contributed by atoms with Gasteiger partial charge in [0.25, 0.3) is 5.91 Å². The van der Waals surface area contributed by atoms with Gasteiger partial charge in [-0.2, -0.15) is 13.2 Å². The minimum absolute atomic E-state index is 0.146. The third-order valence-corrected chi connectivity index (χ3v) is 4.31. The van der Waals surface area contributed by atoms with Crippen molar-refractivity contribution in [2.45, 2.75) is 25.4 Å². The lowest BCUT2D eigenvalue weighted by Crippen LogP contribution is -2.37. The van der Waals surface area contributed by atoms with E-state index in [2.05, 4.69) is 5.32 Å². The number of ether oxygens (including phenoxy) is 2. The highest BCUT2D eigenvalue weighted by atomic mass is 19.4. The van der Waals surface area contributed by atoms with Crippen LogP contribution in [-0.4, -0.2) is 26.7 Å². The van der Waals surface area contributed by atoms with Gasteiger partial charge in [-0.1, -0.05) is 38.1 Å². The van der Waals surface area contributed by atoms with Crippen LogP contribution in [-0.2, 0) is 11.6 Å². The molecule has 0 aliphatic carbocycles. The Labute approximate surface area is 156 Å². The van der Waals surface area contributed by atoms with E-state index in [1.807, 2.05) is 0 Å². The van der Waals surface area contributed by atoms with Crippen LogP contribution < -0.4 is 14.8 Å². The number of benzene rings is 2. The quantitative estimate of drug-likeness (QED) is 0.805. The molecule has 0 radical (unpaired) electrons. The fraction of sp³-hybridized carbons (Fsp3) is 0.350. The lowest BCUT2D eigenvalue weighted by Gasteiger charge is -2.26. The van der Waals surface area contributed by atoms with E-state index < -0.39 is 23.1 Å². The summed E-state index contributed by atoms with van der Waals surface area (Å²) in [5.74, 6) is 0.322. The highest BCUT2D eigenvalue weighted by molar-refractivity contribution is 5.97. The Kier molecular flexibility index (Phi) is 6.03. The lowest BCUT2D eigenvalue weighted by atomic mass is 9.83. The third kappa shape index (κ3) is 4.72. The number of hydrogen-bond donors (Lipinski definition) is 1. The van der Waals surface area contributed by atoms with E-state index in [0.29, 0.717) is 17.1 Å². The molecule has 0 saturated heterocycles. The number of carbonyl (C=O) groups is 1. The number of carbonyl (C=O) groups excluding carboxylic acids is 1. The van der Waals surface area contributed by atoms with Gasteiger partial charge >= 0.3 is 6.18 Å². The minimum atomic E-state index is -4.41. The largest absolute Gasteiger partial charge is 0.493 e. The first-order valence-corrected chi connectivity index (χ1v) is 8.27. The van der Waals surface area contributed by atoms with E-state index in [1.165, 1.54) is 20.3 Å². The van der Waals surface area contributed by atoms with Crippen LogP contribution in [0.4, 0.5) is 13.2 Å². The Morgan fingerprint density at radius 3 is 2.22 bits per heavy atom. The molecule has 0 saturated carbocycles. The number of alkyl halides is 3. The normalized spacial score (nSPS) is 11.8. The van der Waals surface area contributed by atoms with Crippen molar-refractivity contribution in [1.29, 1.82) is 0 Å². The van der Waals surface area contributed by atoms with Gasteiger partial charge < -0.3 is 14.8 Å². The second-order valence-electron chi connectivity index (χ2n) is 6.69. The Hall–Kier alpha value is -2.70. The molecule has 1 amide bonds. The standard InChI is InChI=1S/C20H22F3NO3/c1-19(2,13-7-5-8-14(11-13)20(21,22)23)12-24-18(25)15-9-6-10-16(26-3)17(15)27-4/h5-11H,12H2,1-4H3,(H,24,25). The average molecular weight is 381 g/mol. The molecule has 0 aliphatic heterocycles. The fourth-order valence-corrected chi connectivity index (χ4v) is 2.68. The van der Waals surface area contributed by atoms with E-state index in [9.17, 15) is 18.0 Å². The first-order valence-electron chi connectivity index (χ1n) is 8.27. The Morgan fingerprint density at radius 1 is 1.00 bits per heavy atom. The lowest BCUT2D eigenvalue weighted by molar-refractivity contribution is -0.137. The van der Waals surface area contributed by atoms with Crippen LogP contribution in [0.2, 0.25) is 0 Å². The van der Waals surface area contributed by atoms with E-state index in [4.69, 9.17) is 9.47 Å². The summed E-state index contributed by atoms with van der Waals surface area (Å²) in [6.07, 6.45) is -4.41. The molecule has 146 valence electrons.